The first-order valence-corrected chi connectivity index (χ1v) is 38.6. The van der Waals surface area contributed by atoms with Gasteiger partial charge in [0.15, 0.2) is 12.2 Å². The molecule has 0 saturated carbocycles. The number of aliphatic hydroxyl groups is 1. The topological polar surface area (TPSA) is 237 Å². The van der Waals surface area contributed by atoms with E-state index in [1.807, 2.05) is 0 Å². The van der Waals surface area contributed by atoms with Crippen LogP contribution < -0.4 is 0 Å². The van der Waals surface area contributed by atoms with E-state index in [9.17, 15) is 43.2 Å². The number of hydrogen-bond donors (Lipinski definition) is 3. The average Bonchev–Trinajstić information content (AvgIpc) is 3.66. The highest BCUT2D eigenvalue weighted by Gasteiger charge is 2.30. The Morgan fingerprint density at radius 3 is 0.830 bits per heavy atom. The van der Waals surface area contributed by atoms with Crippen LogP contribution in [0.15, 0.2) is 24.3 Å². The summed E-state index contributed by atoms with van der Waals surface area (Å²) in [5.74, 6) is -2.16. The number of phosphoric acid groups is 2. The number of aliphatic hydroxyl groups excluding tert-OH is 1. The fraction of sp³-hybridized carbons (Fsp3) is 0.884. The molecule has 0 bridgehead atoms. The molecule has 0 aromatic carbocycles. The van der Waals surface area contributed by atoms with Gasteiger partial charge in [0, 0.05) is 25.7 Å². The molecule has 0 aliphatic heterocycles. The maximum atomic E-state index is 13.0. The van der Waals surface area contributed by atoms with Gasteiger partial charge in [-0.2, -0.15) is 0 Å². The summed E-state index contributed by atoms with van der Waals surface area (Å²) >= 11 is 0. The van der Waals surface area contributed by atoms with Crippen molar-refractivity contribution < 1.29 is 80.2 Å². The van der Waals surface area contributed by atoms with Gasteiger partial charge < -0.3 is 33.8 Å². The molecule has 0 radical (unpaired) electrons. The lowest BCUT2D eigenvalue weighted by atomic mass is 10.0. The van der Waals surface area contributed by atoms with Crippen LogP contribution in [0.1, 0.15) is 336 Å². The van der Waals surface area contributed by atoms with Crippen LogP contribution in [0, 0.1) is 0 Å². The number of allylic oxidation sites excluding steroid dienone is 4. The van der Waals surface area contributed by atoms with E-state index in [2.05, 4.69) is 52.0 Å². The van der Waals surface area contributed by atoms with Gasteiger partial charge in [-0.15, -0.1) is 0 Å². The van der Waals surface area contributed by atoms with Gasteiger partial charge in [0.05, 0.1) is 26.4 Å². The third-order valence-corrected chi connectivity index (χ3v) is 17.4. The number of carbonyl (C=O) groups excluding carboxylic acids is 4. The van der Waals surface area contributed by atoms with Crippen LogP contribution in [0.25, 0.3) is 0 Å². The first-order chi connectivity index (χ1) is 42.7. The quantitative estimate of drug-likeness (QED) is 0.0169. The van der Waals surface area contributed by atoms with Gasteiger partial charge in [-0.1, -0.05) is 283 Å². The molecule has 88 heavy (non-hydrogen) atoms. The zero-order chi connectivity index (χ0) is 64.7. The van der Waals surface area contributed by atoms with E-state index in [0.717, 1.165) is 109 Å². The molecule has 0 aromatic rings. The van der Waals surface area contributed by atoms with Crippen molar-refractivity contribution in [2.24, 2.45) is 0 Å². The van der Waals surface area contributed by atoms with Crippen LogP contribution in [0.3, 0.4) is 0 Å². The van der Waals surface area contributed by atoms with E-state index in [-0.39, 0.29) is 25.7 Å². The predicted molar refractivity (Wildman–Crippen MR) is 354 cm³/mol. The predicted octanol–water partition coefficient (Wildman–Crippen LogP) is 19.4. The molecule has 19 heteroatoms. The van der Waals surface area contributed by atoms with Crippen molar-refractivity contribution >= 4 is 39.5 Å². The van der Waals surface area contributed by atoms with E-state index in [1.165, 1.54) is 148 Å². The molecule has 0 saturated heterocycles. The van der Waals surface area contributed by atoms with Gasteiger partial charge in [-0.25, -0.2) is 9.13 Å². The van der Waals surface area contributed by atoms with Crippen molar-refractivity contribution in [2.75, 3.05) is 39.6 Å². The molecule has 0 spiro atoms. The van der Waals surface area contributed by atoms with Crippen LogP contribution in [0.5, 0.6) is 0 Å². The van der Waals surface area contributed by atoms with Crippen LogP contribution >= 0.6 is 15.6 Å². The maximum absolute atomic E-state index is 13.0. The Kier molecular flexibility index (Phi) is 61.5. The largest absolute Gasteiger partial charge is 0.472 e. The van der Waals surface area contributed by atoms with Crippen LogP contribution in [-0.4, -0.2) is 96.7 Å². The molecule has 0 aliphatic rings. The minimum atomic E-state index is -4.96. The summed E-state index contributed by atoms with van der Waals surface area (Å²) in [5.41, 5.74) is 0. The standard InChI is InChI=1S/C69H130O17P2/c1-5-9-13-17-20-23-26-29-32-35-38-41-44-48-52-56-69(74)86-65(60-80-67(72)54-50-46-42-39-36-33-30-27-24-21-18-14-10-6-2)62-84-88(77,78)82-58-63(70)57-81-87(75,76)83-61-64(59-79-66(71)53-49-45-16-12-8-4)85-68(73)55-51-47-43-40-37-34-31-28-25-22-19-15-11-7-3/h23,26,29,32,63-65,70H,5-22,24-25,27-28,30-31,33-62H2,1-4H3,(H,75,76)(H,77,78)/b26-23-,32-29-/t63-,64+,65+/m0/s1. The fourth-order valence-electron chi connectivity index (χ4n) is 9.98. The first kappa shape index (κ1) is 85.5. The normalized spacial score (nSPS) is 14.2. The van der Waals surface area contributed by atoms with Gasteiger partial charge in [-0.05, 0) is 51.4 Å². The van der Waals surface area contributed by atoms with Crippen molar-refractivity contribution in [1.29, 1.82) is 0 Å². The maximum Gasteiger partial charge on any atom is 0.472 e. The van der Waals surface area contributed by atoms with Crippen LogP contribution in [-0.2, 0) is 65.4 Å². The third-order valence-electron chi connectivity index (χ3n) is 15.5. The molecule has 5 atom stereocenters. The van der Waals surface area contributed by atoms with E-state index < -0.39 is 97.5 Å². The van der Waals surface area contributed by atoms with Gasteiger partial charge in [0.2, 0.25) is 0 Å². The highest BCUT2D eigenvalue weighted by atomic mass is 31.2. The molecule has 0 aliphatic carbocycles. The lowest BCUT2D eigenvalue weighted by Gasteiger charge is -2.21. The molecule has 17 nitrogen and oxygen atoms in total. The molecule has 3 N–H and O–H groups in total. The highest BCUT2D eigenvalue weighted by Crippen LogP contribution is 2.45. The van der Waals surface area contributed by atoms with Crippen LogP contribution in [0.4, 0.5) is 0 Å². The summed E-state index contributed by atoms with van der Waals surface area (Å²) in [6.45, 7) is 4.79. The second-order valence-electron chi connectivity index (χ2n) is 24.2. The third kappa shape index (κ3) is 62.4. The van der Waals surface area contributed by atoms with Crippen molar-refractivity contribution in [3.8, 4) is 0 Å². The van der Waals surface area contributed by atoms with Crippen LogP contribution in [0.2, 0.25) is 0 Å². The highest BCUT2D eigenvalue weighted by molar-refractivity contribution is 7.47. The van der Waals surface area contributed by atoms with Crippen molar-refractivity contribution in [1.82, 2.24) is 0 Å². The minimum Gasteiger partial charge on any atom is -0.462 e. The van der Waals surface area contributed by atoms with E-state index in [1.54, 1.807) is 0 Å². The van der Waals surface area contributed by atoms with E-state index >= 15 is 0 Å². The van der Waals surface area contributed by atoms with Crippen molar-refractivity contribution in [2.45, 2.75) is 354 Å². The second-order valence-corrected chi connectivity index (χ2v) is 27.1. The summed E-state index contributed by atoms with van der Waals surface area (Å²) in [6.07, 6.45) is 53.8. The fourth-order valence-corrected chi connectivity index (χ4v) is 11.6. The molecule has 0 fully saturated rings. The zero-order valence-corrected chi connectivity index (χ0v) is 58.0. The number of ether oxygens (including phenoxy) is 4. The Balaban J connectivity index is 5.19. The SMILES string of the molecule is CCCCCC/C=C\C=C/CCCCCCCC(=O)O[C@H](COC(=O)CCCCCCCCCCCCCCCC)COP(=O)(O)OC[C@@H](O)COP(=O)(O)OC[C@@H](COC(=O)CCCCCCC)OC(=O)CCCCCCCCCCCCCCCC. The lowest BCUT2D eigenvalue weighted by Crippen LogP contribution is -2.30. The average molecular weight is 1290 g/mol. The lowest BCUT2D eigenvalue weighted by molar-refractivity contribution is -0.161. The van der Waals surface area contributed by atoms with Gasteiger partial charge in [0.25, 0.3) is 0 Å². The Morgan fingerprint density at radius 1 is 0.318 bits per heavy atom. The molecular weight excluding hydrogens is 1160 g/mol. The van der Waals surface area contributed by atoms with Gasteiger partial charge >= 0.3 is 39.5 Å². The van der Waals surface area contributed by atoms with E-state index in [0.29, 0.717) is 25.7 Å². The van der Waals surface area contributed by atoms with Gasteiger partial charge in [-0.3, -0.25) is 37.3 Å². The summed E-state index contributed by atoms with van der Waals surface area (Å²) in [4.78, 5) is 72.2. The molecule has 0 heterocycles. The minimum absolute atomic E-state index is 0.0857. The molecule has 0 amide bonds. The van der Waals surface area contributed by atoms with Gasteiger partial charge in [0.1, 0.15) is 19.3 Å². The zero-order valence-electron chi connectivity index (χ0n) is 56.2. The number of phosphoric ester groups is 2. The van der Waals surface area contributed by atoms with Crippen molar-refractivity contribution in [3.63, 3.8) is 0 Å². The number of carbonyl (C=O) groups is 4. The Labute approximate surface area is 535 Å². The molecule has 0 aromatic heterocycles. The summed E-state index contributed by atoms with van der Waals surface area (Å²) < 4.78 is 68.0. The molecule has 518 valence electrons. The first-order valence-electron chi connectivity index (χ1n) is 35.6. The molecular formula is C69H130O17P2. The number of unbranched alkanes of at least 4 members (excludes halogenated alkanes) is 39. The Hall–Kier alpha value is -2.46. The Morgan fingerprint density at radius 2 is 0.545 bits per heavy atom. The smallest absolute Gasteiger partial charge is 0.462 e. The summed E-state index contributed by atoms with van der Waals surface area (Å²) in [6, 6.07) is 0. The second kappa shape index (κ2) is 63.3. The number of hydrogen-bond acceptors (Lipinski definition) is 15. The molecule has 2 unspecified atom stereocenters. The Bertz CT molecular complexity index is 1780. The molecule has 0 rings (SSSR count). The summed E-state index contributed by atoms with van der Waals surface area (Å²) in [5, 5.41) is 10.5. The summed E-state index contributed by atoms with van der Waals surface area (Å²) in [7, 11) is -9.90. The van der Waals surface area contributed by atoms with Crippen molar-refractivity contribution in [3.05, 3.63) is 24.3 Å². The monoisotopic (exact) mass is 1290 g/mol. The number of rotatable bonds is 68. The van der Waals surface area contributed by atoms with E-state index in [4.69, 9.17) is 37.0 Å². The number of esters is 4.